The van der Waals surface area contributed by atoms with E-state index in [1.54, 1.807) is 0 Å². The number of para-hydroxylation sites is 2. The quantitative estimate of drug-likeness (QED) is 0.431. The molecule has 0 atom stereocenters. The molecular formula is C13H23N3ReRf-2. The number of benzene rings is 1. The second-order valence-corrected chi connectivity index (χ2v) is 4.81. The molecule has 0 bridgehead atoms. The van der Waals surface area contributed by atoms with Crippen LogP contribution >= 0.6 is 0 Å². The number of hydrogen-bond donors (Lipinski definition) is 1. The van der Waals surface area contributed by atoms with E-state index in [9.17, 15) is 0 Å². The largest absolute Gasteiger partial charge is 0.358 e. The fourth-order valence-corrected chi connectivity index (χ4v) is 0.786. The normalized spacial score (nSPS) is 8.44. The van der Waals surface area contributed by atoms with Crippen LogP contribution in [0.3, 0.4) is 0 Å². The number of fused-ring (bicyclic) bond motifs is 1. The predicted octanol–water partition coefficient (Wildman–Crippen LogP) is 3.91. The van der Waals surface area contributed by atoms with E-state index in [0.717, 1.165) is 11.0 Å². The summed E-state index contributed by atoms with van der Waals surface area (Å²) in [5.41, 5.74) is 2.33. The van der Waals surface area contributed by atoms with E-state index in [0.29, 0.717) is 5.41 Å². The van der Waals surface area contributed by atoms with Crippen molar-refractivity contribution in [2.45, 2.75) is 27.7 Å². The van der Waals surface area contributed by atoms with Gasteiger partial charge in [0.2, 0.25) is 0 Å². The van der Waals surface area contributed by atoms with Crippen molar-refractivity contribution in [3.8, 4) is 0 Å². The third-order valence-corrected chi connectivity index (χ3v) is 1.22. The second kappa shape index (κ2) is 10.4. The van der Waals surface area contributed by atoms with Gasteiger partial charge in [-0.3, -0.25) is 0 Å². The first-order chi connectivity index (χ1) is 6.47. The molecule has 2 aromatic rings. The Balaban J connectivity index is -0.0000000993. The van der Waals surface area contributed by atoms with Crippen LogP contribution in [0.5, 0.6) is 0 Å². The Morgan fingerprint density at radius 3 is 1.44 bits per heavy atom. The standard InChI is InChI=1S/C6H5N3.C5H12.2CH3.Re.Rf/c1-2-4-6-5(3-1)7-9-8-6;1-5(2,3)4;;;;/h1-4H,(H,7,8,9);1-4H3;2*1H3;;/q;;2*-1;;. The molecule has 2 rings (SSSR count). The van der Waals surface area contributed by atoms with Gasteiger partial charge in [-0.25, -0.2) is 0 Å². The van der Waals surface area contributed by atoms with Crippen molar-refractivity contribution in [3.63, 3.8) is 0 Å². The summed E-state index contributed by atoms with van der Waals surface area (Å²) < 4.78 is 0. The van der Waals surface area contributed by atoms with Crippen molar-refractivity contribution in [3.05, 3.63) is 39.1 Å². The van der Waals surface area contributed by atoms with Gasteiger partial charge < -0.3 is 14.9 Å². The number of H-pyrrole nitrogens is 1. The van der Waals surface area contributed by atoms with Gasteiger partial charge >= 0.3 is 0 Å². The zero-order valence-electron chi connectivity index (χ0n) is 12.3. The summed E-state index contributed by atoms with van der Waals surface area (Å²) in [6.07, 6.45) is 0. The van der Waals surface area contributed by atoms with E-state index >= 15 is 0 Å². The second-order valence-electron chi connectivity index (χ2n) is 4.81. The van der Waals surface area contributed by atoms with Gasteiger partial charge in [0.05, 0.1) is 0 Å². The van der Waals surface area contributed by atoms with Crippen molar-refractivity contribution in [2.75, 3.05) is 0 Å². The summed E-state index contributed by atoms with van der Waals surface area (Å²) in [5, 5.41) is 10.3. The van der Waals surface area contributed by atoms with Crippen LogP contribution in [0.2, 0.25) is 0 Å². The van der Waals surface area contributed by atoms with Crippen LogP contribution in [0, 0.1) is 20.3 Å². The fourth-order valence-electron chi connectivity index (χ4n) is 0.786. The molecule has 0 amide bonds. The molecule has 18 heavy (non-hydrogen) atoms. The summed E-state index contributed by atoms with van der Waals surface area (Å²) >= 11 is 0. The molecule has 0 aliphatic carbocycles. The van der Waals surface area contributed by atoms with E-state index in [-0.39, 0.29) is 35.3 Å². The van der Waals surface area contributed by atoms with Crippen molar-refractivity contribution in [2.24, 2.45) is 5.41 Å². The van der Waals surface area contributed by atoms with Gasteiger partial charge in [-0.1, -0.05) is 39.8 Å². The Bertz CT molecular complexity index is 360. The third-order valence-electron chi connectivity index (χ3n) is 1.22. The molecule has 0 aliphatic rings. The minimum Gasteiger partial charge on any atom is -0.358 e. The van der Waals surface area contributed by atoms with Crippen molar-refractivity contribution >= 4 is 11.0 Å². The molecule has 1 aromatic heterocycles. The maximum Gasteiger partial charge on any atom is 0.112 e. The monoisotopic (exact) mass is 675 g/mol. The maximum atomic E-state index is 3.88. The van der Waals surface area contributed by atoms with Crippen LogP contribution in [-0.4, -0.2) is 15.4 Å². The first kappa shape index (κ1) is 25.2. The molecule has 0 saturated heterocycles. The number of rotatable bonds is 0. The Morgan fingerprint density at radius 2 is 1.17 bits per heavy atom. The first-order valence-electron chi connectivity index (χ1n) is 4.72. The van der Waals surface area contributed by atoms with E-state index in [1.165, 1.54) is 0 Å². The SMILES string of the molecule is CC(C)(C)C.[CH3-].[CH3-].[Re].[Rf].c1ccc2n[nH]nc2c1. The molecule has 0 spiro atoms. The van der Waals surface area contributed by atoms with Crippen LogP contribution in [0.4, 0.5) is 0 Å². The average Bonchev–Trinajstić information content (AvgIpc) is 2.47. The summed E-state index contributed by atoms with van der Waals surface area (Å²) in [7, 11) is 0. The summed E-state index contributed by atoms with van der Waals surface area (Å²) in [5.74, 6) is 0. The van der Waals surface area contributed by atoms with Crippen LogP contribution in [0.1, 0.15) is 27.7 Å². The van der Waals surface area contributed by atoms with Crippen molar-refractivity contribution in [1.29, 1.82) is 0 Å². The molecular weight excluding hydrogens is 651 g/mol. The molecule has 0 aliphatic heterocycles. The van der Waals surface area contributed by atoms with Crippen molar-refractivity contribution in [1.82, 2.24) is 15.4 Å². The van der Waals surface area contributed by atoms with Crippen LogP contribution in [0.25, 0.3) is 11.0 Å². The third kappa shape index (κ3) is 10.8. The van der Waals surface area contributed by atoms with Gasteiger partial charge in [0.15, 0.2) is 0 Å². The summed E-state index contributed by atoms with van der Waals surface area (Å²) in [4.78, 5) is 0. The molecule has 3 nitrogen and oxygen atoms in total. The summed E-state index contributed by atoms with van der Waals surface area (Å²) in [6.45, 7) is 8.75. The smallest absolute Gasteiger partial charge is 0.112 e. The first-order valence-corrected chi connectivity index (χ1v) is 4.72. The molecule has 0 fully saturated rings. The average molecular weight is 675 g/mol. The number of nitrogens with one attached hydrogen (secondary N) is 1. The van der Waals surface area contributed by atoms with Gasteiger partial charge in [-0.15, -0.1) is 0 Å². The van der Waals surface area contributed by atoms with Gasteiger partial charge in [0, 0.05) is 20.4 Å². The van der Waals surface area contributed by atoms with E-state index in [4.69, 9.17) is 0 Å². The summed E-state index contributed by atoms with van der Waals surface area (Å²) in [6, 6.07) is 7.70. The molecule has 0 saturated carbocycles. The van der Waals surface area contributed by atoms with E-state index < -0.39 is 0 Å². The zero-order valence-corrected chi connectivity index (χ0v) is 21.4. The van der Waals surface area contributed by atoms with Crippen LogP contribution in [-0.2, 0) is 20.4 Å². The molecule has 0 unspecified atom stereocenters. The zero-order chi connectivity index (χ0) is 10.6. The Labute approximate surface area is 119 Å². The Morgan fingerprint density at radius 1 is 0.889 bits per heavy atom. The molecule has 1 heterocycles. The van der Waals surface area contributed by atoms with Gasteiger partial charge in [0.1, 0.15) is 11.0 Å². The molecule has 1 aromatic carbocycles. The number of aromatic amines is 1. The van der Waals surface area contributed by atoms with Crippen molar-refractivity contribution < 1.29 is 20.4 Å². The fraction of sp³-hybridized carbons (Fsp3) is 0.385. The number of nitrogens with zero attached hydrogens (tertiary/aromatic N) is 2. The molecule has 1 radical (unpaired) electrons. The maximum absolute atomic E-state index is 3.88. The number of hydrogen-bond acceptors (Lipinski definition) is 2. The van der Waals surface area contributed by atoms with Crippen LogP contribution in [0.15, 0.2) is 24.3 Å². The Hall–Kier alpha value is -1.72. The van der Waals surface area contributed by atoms with E-state index in [2.05, 4.69) is 43.1 Å². The number of aromatic nitrogens is 3. The predicted molar refractivity (Wildman–Crippen MR) is 71.8 cm³/mol. The van der Waals surface area contributed by atoms with Gasteiger partial charge in [0.25, 0.3) is 0 Å². The Kier molecular flexibility index (Phi) is 14.6. The minimum absolute atomic E-state index is 0. The molecule has 101 valence electrons. The molecule has 1 N–H and O–H groups in total. The van der Waals surface area contributed by atoms with Gasteiger partial charge in [-0.2, -0.15) is 15.4 Å². The van der Waals surface area contributed by atoms with Crippen LogP contribution < -0.4 is 0 Å². The van der Waals surface area contributed by atoms with Gasteiger partial charge in [-0.05, 0) is 17.5 Å². The van der Waals surface area contributed by atoms with E-state index in [1.807, 2.05) is 24.3 Å². The molecule has 5 heteroatoms. The topological polar surface area (TPSA) is 41.6 Å². The minimum atomic E-state index is 0.